The second-order valence-corrected chi connectivity index (χ2v) is 5.47. The molecule has 5 heteroatoms. The topological polar surface area (TPSA) is 38.0 Å². The molecule has 88 valence electrons. The number of nitrogens with one attached hydrogen (secondary N) is 1. The van der Waals surface area contributed by atoms with Gasteiger partial charge < -0.3 is 11.1 Å². The zero-order chi connectivity index (χ0) is 11.5. The van der Waals surface area contributed by atoms with Crippen molar-refractivity contribution in [3.8, 4) is 0 Å². The lowest BCUT2D eigenvalue weighted by molar-refractivity contribution is 0.628. The lowest BCUT2D eigenvalue weighted by Gasteiger charge is -2.24. The molecule has 0 radical (unpaired) electrons. The Bertz CT molecular complexity index is 380. The lowest BCUT2D eigenvalue weighted by atomic mass is 10.1. The summed E-state index contributed by atoms with van der Waals surface area (Å²) in [6, 6.07) is 3.23. The monoisotopic (exact) mass is 260 g/mol. The van der Waals surface area contributed by atoms with Crippen molar-refractivity contribution >= 4 is 34.7 Å². The smallest absolute Gasteiger partial charge is 0.143 e. The van der Waals surface area contributed by atoms with Crippen LogP contribution in [0, 0.1) is 5.82 Å². The van der Waals surface area contributed by atoms with Gasteiger partial charge in [-0.25, -0.2) is 4.39 Å². The molecule has 1 unspecified atom stereocenters. The quantitative estimate of drug-likeness (QED) is 0.801. The second-order valence-electron chi connectivity index (χ2n) is 3.91. The highest BCUT2D eigenvalue weighted by Crippen LogP contribution is 2.29. The highest BCUT2D eigenvalue weighted by atomic mass is 35.5. The first-order valence-corrected chi connectivity index (χ1v) is 6.79. The fourth-order valence-electron chi connectivity index (χ4n) is 1.76. The van der Waals surface area contributed by atoms with Gasteiger partial charge in [0.2, 0.25) is 0 Å². The van der Waals surface area contributed by atoms with Crippen LogP contribution in [-0.4, -0.2) is 17.5 Å². The van der Waals surface area contributed by atoms with E-state index in [0.29, 0.717) is 11.7 Å². The average molecular weight is 261 g/mol. The average Bonchev–Trinajstić information content (AvgIpc) is 2.27. The van der Waals surface area contributed by atoms with E-state index >= 15 is 0 Å². The van der Waals surface area contributed by atoms with Gasteiger partial charge in [0.1, 0.15) is 5.82 Å². The molecule has 1 heterocycles. The Hall–Kier alpha value is -0.610. The van der Waals surface area contributed by atoms with Crippen molar-refractivity contribution in [2.75, 3.05) is 22.6 Å². The number of nitrogens with two attached hydrogens (primary N) is 1. The Morgan fingerprint density at radius 2 is 2.31 bits per heavy atom. The van der Waals surface area contributed by atoms with Crippen LogP contribution < -0.4 is 11.1 Å². The fraction of sp³-hybridized carbons (Fsp3) is 0.455. The van der Waals surface area contributed by atoms with Gasteiger partial charge in [-0.1, -0.05) is 11.6 Å². The van der Waals surface area contributed by atoms with Crippen LogP contribution in [0.5, 0.6) is 0 Å². The molecule has 0 bridgehead atoms. The van der Waals surface area contributed by atoms with Gasteiger partial charge in [-0.15, -0.1) is 0 Å². The summed E-state index contributed by atoms with van der Waals surface area (Å²) in [5.74, 6) is 1.81. The van der Waals surface area contributed by atoms with E-state index in [1.807, 2.05) is 11.8 Å². The van der Waals surface area contributed by atoms with E-state index in [9.17, 15) is 4.39 Å². The molecule has 1 aliphatic rings. The van der Waals surface area contributed by atoms with Crippen molar-refractivity contribution in [1.29, 1.82) is 0 Å². The molecule has 1 aliphatic heterocycles. The molecular weight excluding hydrogens is 247 g/mol. The molecule has 1 saturated heterocycles. The Kier molecular flexibility index (Phi) is 3.82. The van der Waals surface area contributed by atoms with E-state index in [1.54, 1.807) is 6.07 Å². The lowest BCUT2D eigenvalue weighted by Crippen LogP contribution is -2.26. The fourth-order valence-corrected chi connectivity index (χ4v) is 3.00. The SMILES string of the molecule is Nc1cc(F)c(Cl)cc1NC1CCCSC1. The van der Waals surface area contributed by atoms with Crippen LogP contribution in [0.25, 0.3) is 0 Å². The Morgan fingerprint density at radius 1 is 1.50 bits per heavy atom. The number of nitrogen functional groups attached to an aromatic ring is 1. The van der Waals surface area contributed by atoms with Crippen LogP contribution in [0.15, 0.2) is 12.1 Å². The molecule has 1 fully saturated rings. The third-order valence-electron chi connectivity index (χ3n) is 2.61. The van der Waals surface area contributed by atoms with E-state index in [-0.39, 0.29) is 5.02 Å². The minimum absolute atomic E-state index is 0.111. The molecular formula is C11H14ClFN2S. The minimum Gasteiger partial charge on any atom is -0.397 e. The summed E-state index contributed by atoms with van der Waals surface area (Å²) in [6.45, 7) is 0. The van der Waals surface area contributed by atoms with Crippen LogP contribution in [-0.2, 0) is 0 Å². The first-order valence-electron chi connectivity index (χ1n) is 5.25. The van der Waals surface area contributed by atoms with E-state index in [1.165, 1.54) is 18.2 Å². The molecule has 0 aromatic heterocycles. The van der Waals surface area contributed by atoms with Crippen molar-refractivity contribution in [2.45, 2.75) is 18.9 Å². The standard InChI is InChI=1S/C11H14ClFN2S/c12-8-4-11(10(14)5-9(8)13)15-7-2-1-3-16-6-7/h4-5,7,15H,1-3,6,14H2. The van der Waals surface area contributed by atoms with Gasteiger partial charge in [-0.05, 0) is 24.7 Å². The van der Waals surface area contributed by atoms with Crippen molar-refractivity contribution in [3.05, 3.63) is 23.0 Å². The summed E-state index contributed by atoms with van der Waals surface area (Å²) < 4.78 is 13.1. The van der Waals surface area contributed by atoms with Crippen LogP contribution in [0.4, 0.5) is 15.8 Å². The van der Waals surface area contributed by atoms with E-state index in [0.717, 1.165) is 17.9 Å². The normalized spacial score (nSPS) is 20.8. The largest absolute Gasteiger partial charge is 0.397 e. The molecule has 3 N–H and O–H groups in total. The summed E-state index contributed by atoms with van der Waals surface area (Å²) in [5.41, 5.74) is 6.89. The number of hydrogen-bond donors (Lipinski definition) is 2. The van der Waals surface area contributed by atoms with E-state index in [2.05, 4.69) is 5.32 Å². The molecule has 0 spiro atoms. The van der Waals surface area contributed by atoms with Crippen LogP contribution in [0.2, 0.25) is 5.02 Å². The van der Waals surface area contributed by atoms with E-state index < -0.39 is 5.82 Å². The van der Waals surface area contributed by atoms with Gasteiger partial charge in [0, 0.05) is 17.9 Å². The molecule has 1 atom stereocenters. The predicted molar refractivity (Wildman–Crippen MR) is 69.8 cm³/mol. The van der Waals surface area contributed by atoms with Gasteiger partial charge in [-0.3, -0.25) is 0 Å². The van der Waals surface area contributed by atoms with Crippen LogP contribution in [0.3, 0.4) is 0 Å². The van der Waals surface area contributed by atoms with Gasteiger partial charge >= 0.3 is 0 Å². The van der Waals surface area contributed by atoms with Gasteiger partial charge in [0.15, 0.2) is 0 Å². The van der Waals surface area contributed by atoms with E-state index in [4.69, 9.17) is 17.3 Å². The summed E-state index contributed by atoms with van der Waals surface area (Å²) in [4.78, 5) is 0. The predicted octanol–water partition coefficient (Wildman–Crippen LogP) is 3.37. The summed E-state index contributed by atoms with van der Waals surface area (Å²) in [6.07, 6.45) is 2.33. The number of halogens is 2. The maximum Gasteiger partial charge on any atom is 0.143 e. The maximum absolute atomic E-state index is 13.1. The number of rotatable bonds is 2. The molecule has 16 heavy (non-hydrogen) atoms. The molecule has 0 saturated carbocycles. The van der Waals surface area contributed by atoms with Crippen LogP contribution >= 0.6 is 23.4 Å². The number of benzene rings is 1. The summed E-state index contributed by atoms with van der Waals surface area (Å²) >= 11 is 7.65. The van der Waals surface area contributed by atoms with Crippen molar-refractivity contribution < 1.29 is 4.39 Å². The molecule has 0 amide bonds. The third-order valence-corrected chi connectivity index (χ3v) is 4.12. The first kappa shape index (κ1) is 11.9. The van der Waals surface area contributed by atoms with Crippen molar-refractivity contribution in [1.82, 2.24) is 0 Å². The van der Waals surface area contributed by atoms with Gasteiger partial charge in [0.05, 0.1) is 16.4 Å². The molecule has 0 aliphatic carbocycles. The number of hydrogen-bond acceptors (Lipinski definition) is 3. The molecule has 1 aromatic rings. The Morgan fingerprint density at radius 3 is 3.00 bits per heavy atom. The first-order chi connectivity index (χ1) is 7.66. The zero-order valence-electron chi connectivity index (χ0n) is 8.80. The zero-order valence-corrected chi connectivity index (χ0v) is 10.4. The third kappa shape index (κ3) is 2.74. The Balaban J connectivity index is 2.11. The highest BCUT2D eigenvalue weighted by Gasteiger charge is 2.15. The number of thioether (sulfide) groups is 1. The van der Waals surface area contributed by atoms with Gasteiger partial charge in [-0.2, -0.15) is 11.8 Å². The summed E-state index contributed by atoms with van der Waals surface area (Å²) in [7, 11) is 0. The molecule has 1 aromatic carbocycles. The second kappa shape index (κ2) is 5.15. The Labute approximate surface area is 104 Å². The minimum atomic E-state index is -0.470. The highest BCUT2D eigenvalue weighted by molar-refractivity contribution is 7.99. The van der Waals surface area contributed by atoms with Gasteiger partial charge in [0.25, 0.3) is 0 Å². The van der Waals surface area contributed by atoms with Crippen molar-refractivity contribution in [3.63, 3.8) is 0 Å². The molecule has 2 rings (SSSR count). The summed E-state index contributed by atoms with van der Waals surface area (Å²) in [5, 5.41) is 3.43. The maximum atomic E-state index is 13.1. The number of anilines is 2. The molecule has 2 nitrogen and oxygen atoms in total. The van der Waals surface area contributed by atoms with Crippen molar-refractivity contribution in [2.24, 2.45) is 0 Å². The van der Waals surface area contributed by atoms with Crippen LogP contribution in [0.1, 0.15) is 12.8 Å².